The monoisotopic (exact) mass is 349 g/mol. The predicted octanol–water partition coefficient (Wildman–Crippen LogP) is 3.76. The third-order valence-electron chi connectivity index (χ3n) is 4.30. The van der Waals surface area contributed by atoms with Crippen molar-refractivity contribution >= 4 is 17.7 Å². The average Bonchev–Trinajstić information content (AvgIpc) is 3.02. The van der Waals surface area contributed by atoms with E-state index in [0.29, 0.717) is 16.7 Å². The lowest BCUT2D eigenvalue weighted by atomic mass is 9.98. The lowest BCUT2D eigenvalue weighted by molar-refractivity contribution is -0.134. The van der Waals surface area contributed by atoms with Gasteiger partial charge < -0.3 is 9.32 Å². The zero-order valence-electron chi connectivity index (χ0n) is 13.7. The number of amides is 1. The van der Waals surface area contributed by atoms with Crippen LogP contribution >= 0.6 is 11.8 Å². The van der Waals surface area contributed by atoms with E-state index in [1.54, 1.807) is 12.1 Å². The smallest absolute Gasteiger partial charge is 0.277 e. The molecular formula is C17H20FN3O2S. The number of hydrogen-bond acceptors (Lipinski definition) is 5. The molecule has 24 heavy (non-hydrogen) atoms. The van der Waals surface area contributed by atoms with Crippen LogP contribution < -0.4 is 0 Å². The van der Waals surface area contributed by atoms with Crippen molar-refractivity contribution in [3.8, 4) is 11.5 Å². The van der Waals surface area contributed by atoms with E-state index in [4.69, 9.17) is 4.42 Å². The predicted molar refractivity (Wildman–Crippen MR) is 90.0 cm³/mol. The number of rotatable bonds is 4. The summed E-state index contributed by atoms with van der Waals surface area (Å²) in [6.07, 6.45) is 3.27. The highest BCUT2D eigenvalue weighted by atomic mass is 32.2. The fraction of sp³-hybridized carbons (Fsp3) is 0.471. The van der Waals surface area contributed by atoms with E-state index in [1.807, 2.05) is 4.90 Å². The maximum atomic E-state index is 12.9. The van der Waals surface area contributed by atoms with Crippen LogP contribution in [0.15, 0.2) is 33.9 Å². The van der Waals surface area contributed by atoms with Gasteiger partial charge in [-0.3, -0.25) is 4.79 Å². The Morgan fingerprint density at radius 2 is 1.92 bits per heavy atom. The van der Waals surface area contributed by atoms with E-state index >= 15 is 0 Å². The lowest BCUT2D eigenvalue weighted by Gasteiger charge is -2.39. The first-order valence-electron chi connectivity index (χ1n) is 8.08. The highest BCUT2D eigenvalue weighted by Crippen LogP contribution is 2.26. The molecule has 0 bridgehead atoms. The summed E-state index contributed by atoms with van der Waals surface area (Å²) in [5.74, 6) is 0.383. The van der Waals surface area contributed by atoms with Crippen molar-refractivity contribution in [2.75, 3.05) is 5.75 Å². The molecule has 2 atom stereocenters. The van der Waals surface area contributed by atoms with E-state index in [-0.39, 0.29) is 29.6 Å². The molecule has 0 aliphatic carbocycles. The van der Waals surface area contributed by atoms with Crippen LogP contribution in [0.4, 0.5) is 4.39 Å². The van der Waals surface area contributed by atoms with Crippen LogP contribution in [0.2, 0.25) is 0 Å². The van der Waals surface area contributed by atoms with Gasteiger partial charge in [0.1, 0.15) is 5.82 Å². The van der Waals surface area contributed by atoms with Gasteiger partial charge in [0.05, 0.1) is 5.75 Å². The van der Waals surface area contributed by atoms with Crippen molar-refractivity contribution in [3.05, 3.63) is 30.1 Å². The molecule has 0 N–H and O–H groups in total. The number of halogens is 1. The second kappa shape index (κ2) is 7.34. The van der Waals surface area contributed by atoms with Gasteiger partial charge in [-0.1, -0.05) is 11.8 Å². The Hall–Kier alpha value is -1.89. The molecule has 2 heterocycles. The first-order valence-corrected chi connectivity index (χ1v) is 9.06. The molecule has 7 heteroatoms. The van der Waals surface area contributed by atoms with Crippen molar-refractivity contribution in [1.82, 2.24) is 15.1 Å². The van der Waals surface area contributed by atoms with Gasteiger partial charge in [0, 0.05) is 17.6 Å². The highest BCUT2D eigenvalue weighted by molar-refractivity contribution is 7.99. The van der Waals surface area contributed by atoms with Crippen LogP contribution in [-0.4, -0.2) is 38.8 Å². The molecule has 2 aromatic rings. The van der Waals surface area contributed by atoms with Crippen LogP contribution in [0.5, 0.6) is 0 Å². The molecule has 5 nitrogen and oxygen atoms in total. The number of nitrogens with zero attached hydrogens (tertiary/aromatic N) is 3. The van der Waals surface area contributed by atoms with Gasteiger partial charge in [0.25, 0.3) is 5.22 Å². The molecule has 1 aliphatic heterocycles. The SMILES string of the molecule is C[C@@H]1CCC[C@H](C)N1C(=O)CSc1nnc(-c2ccc(F)cc2)o1. The Balaban J connectivity index is 1.61. The summed E-state index contributed by atoms with van der Waals surface area (Å²) in [7, 11) is 0. The van der Waals surface area contributed by atoms with E-state index in [9.17, 15) is 9.18 Å². The summed E-state index contributed by atoms with van der Waals surface area (Å²) >= 11 is 1.24. The normalized spacial score (nSPS) is 21.0. The van der Waals surface area contributed by atoms with Gasteiger partial charge in [-0.15, -0.1) is 10.2 Å². The average molecular weight is 349 g/mol. The highest BCUT2D eigenvalue weighted by Gasteiger charge is 2.29. The summed E-state index contributed by atoms with van der Waals surface area (Å²) in [5, 5.41) is 8.25. The molecule has 0 radical (unpaired) electrons. The van der Waals surface area contributed by atoms with Crippen LogP contribution in [-0.2, 0) is 4.79 Å². The number of piperidine rings is 1. The number of aromatic nitrogens is 2. The Kier molecular flexibility index (Phi) is 5.18. The van der Waals surface area contributed by atoms with Gasteiger partial charge in [0.15, 0.2) is 0 Å². The first kappa shape index (κ1) is 17.0. The molecule has 0 spiro atoms. The van der Waals surface area contributed by atoms with Crippen LogP contribution in [0.3, 0.4) is 0 Å². The summed E-state index contributed by atoms with van der Waals surface area (Å²) in [6, 6.07) is 6.40. The quantitative estimate of drug-likeness (QED) is 0.787. The summed E-state index contributed by atoms with van der Waals surface area (Å²) in [6.45, 7) is 4.19. The topological polar surface area (TPSA) is 59.2 Å². The second-order valence-electron chi connectivity index (χ2n) is 6.10. The number of thioether (sulfide) groups is 1. The molecule has 1 aliphatic rings. The number of carbonyl (C=O) groups excluding carboxylic acids is 1. The zero-order valence-corrected chi connectivity index (χ0v) is 14.6. The minimum absolute atomic E-state index is 0.0984. The molecule has 0 saturated carbocycles. The molecule has 3 rings (SSSR count). The van der Waals surface area contributed by atoms with Crippen LogP contribution in [0.1, 0.15) is 33.1 Å². The minimum atomic E-state index is -0.316. The summed E-state index contributed by atoms with van der Waals surface area (Å²) in [5.41, 5.74) is 0.653. The standard InChI is InChI=1S/C17H20FN3O2S/c1-11-4-3-5-12(2)21(11)15(22)10-24-17-20-19-16(23-17)13-6-8-14(18)9-7-13/h6-9,11-12H,3-5,10H2,1-2H3/t11-,12+. The van der Waals surface area contributed by atoms with E-state index in [1.165, 1.54) is 30.3 Å². The molecule has 0 unspecified atom stereocenters. The van der Waals surface area contributed by atoms with Crippen molar-refractivity contribution in [2.24, 2.45) is 0 Å². The van der Waals surface area contributed by atoms with Crippen molar-refractivity contribution in [1.29, 1.82) is 0 Å². The fourth-order valence-electron chi connectivity index (χ4n) is 3.09. The number of hydrogen-bond donors (Lipinski definition) is 0. The van der Waals surface area contributed by atoms with Crippen LogP contribution in [0.25, 0.3) is 11.5 Å². The van der Waals surface area contributed by atoms with E-state index < -0.39 is 0 Å². The number of carbonyl (C=O) groups is 1. The molecule has 1 aromatic heterocycles. The fourth-order valence-corrected chi connectivity index (χ4v) is 3.72. The Morgan fingerprint density at radius 3 is 2.58 bits per heavy atom. The minimum Gasteiger partial charge on any atom is -0.411 e. The third kappa shape index (κ3) is 3.77. The zero-order chi connectivity index (χ0) is 17.1. The van der Waals surface area contributed by atoms with Crippen molar-refractivity contribution in [3.63, 3.8) is 0 Å². The van der Waals surface area contributed by atoms with Gasteiger partial charge in [-0.25, -0.2) is 4.39 Å². The molecular weight excluding hydrogens is 329 g/mol. The van der Waals surface area contributed by atoms with Crippen LogP contribution in [0, 0.1) is 5.82 Å². The molecule has 1 fully saturated rings. The van der Waals surface area contributed by atoms with Crippen molar-refractivity contribution < 1.29 is 13.6 Å². The third-order valence-corrected chi connectivity index (χ3v) is 5.10. The van der Waals surface area contributed by atoms with Crippen molar-refractivity contribution in [2.45, 2.75) is 50.4 Å². The summed E-state index contributed by atoms with van der Waals surface area (Å²) in [4.78, 5) is 14.4. The molecule has 1 amide bonds. The van der Waals surface area contributed by atoms with Gasteiger partial charge in [-0.05, 0) is 57.4 Å². The number of likely N-dealkylation sites (tertiary alicyclic amines) is 1. The Bertz CT molecular complexity index is 694. The van der Waals surface area contributed by atoms with Gasteiger partial charge in [-0.2, -0.15) is 0 Å². The first-order chi connectivity index (χ1) is 11.5. The largest absolute Gasteiger partial charge is 0.411 e. The van der Waals surface area contributed by atoms with Gasteiger partial charge >= 0.3 is 0 Å². The Labute approximate surface area is 144 Å². The lowest BCUT2D eigenvalue weighted by Crippen LogP contribution is -2.48. The maximum Gasteiger partial charge on any atom is 0.277 e. The maximum absolute atomic E-state index is 12.9. The molecule has 1 aromatic carbocycles. The second-order valence-corrected chi connectivity index (χ2v) is 7.03. The van der Waals surface area contributed by atoms with E-state index in [2.05, 4.69) is 24.0 Å². The molecule has 128 valence electrons. The Morgan fingerprint density at radius 1 is 1.25 bits per heavy atom. The summed E-state index contributed by atoms with van der Waals surface area (Å²) < 4.78 is 18.5. The van der Waals surface area contributed by atoms with Gasteiger partial charge in [0.2, 0.25) is 11.8 Å². The van der Waals surface area contributed by atoms with E-state index in [0.717, 1.165) is 12.8 Å². The number of benzene rings is 1. The molecule has 1 saturated heterocycles.